The number of nitrogens with one attached hydrogen (secondary N) is 1. The second-order valence-corrected chi connectivity index (χ2v) is 8.19. The highest BCUT2D eigenvalue weighted by molar-refractivity contribution is 5.96. The van der Waals surface area contributed by atoms with E-state index in [0.717, 1.165) is 38.9 Å². The van der Waals surface area contributed by atoms with Crippen LogP contribution in [0, 0.1) is 6.92 Å². The van der Waals surface area contributed by atoms with Gasteiger partial charge in [-0.25, -0.2) is 0 Å². The minimum absolute atomic E-state index is 0.00567. The van der Waals surface area contributed by atoms with Gasteiger partial charge in [0.15, 0.2) is 5.43 Å². The van der Waals surface area contributed by atoms with E-state index in [9.17, 15) is 14.7 Å². The maximum atomic E-state index is 12.4. The van der Waals surface area contributed by atoms with Crippen LogP contribution in [0.2, 0.25) is 0 Å². The van der Waals surface area contributed by atoms with Crippen molar-refractivity contribution in [2.75, 3.05) is 26.2 Å². The van der Waals surface area contributed by atoms with Crippen molar-refractivity contribution in [1.29, 1.82) is 0 Å². The lowest BCUT2D eigenvalue weighted by Gasteiger charge is -2.32. The summed E-state index contributed by atoms with van der Waals surface area (Å²) in [7, 11) is 0. The molecule has 1 fully saturated rings. The number of rotatable bonds is 7. The molecule has 0 atom stereocenters. The van der Waals surface area contributed by atoms with Crippen molar-refractivity contribution in [3.8, 4) is 11.5 Å². The van der Waals surface area contributed by atoms with Crippen LogP contribution in [-0.4, -0.2) is 48.2 Å². The zero-order valence-electron chi connectivity index (χ0n) is 18.2. The number of phenolic OH excluding ortho intramolecular Hbond substituents is 1. The number of nitrogens with zero attached hydrogens (tertiary/aromatic N) is 1. The molecule has 1 aliphatic rings. The monoisotopic (exact) mass is 436 g/mol. The molecule has 1 aromatic heterocycles. The molecule has 4 rings (SSSR count). The van der Waals surface area contributed by atoms with Gasteiger partial charge in [0.05, 0.1) is 17.6 Å². The van der Waals surface area contributed by atoms with Crippen molar-refractivity contribution in [2.45, 2.75) is 32.2 Å². The molecule has 1 aliphatic heterocycles. The van der Waals surface area contributed by atoms with Crippen molar-refractivity contribution in [3.05, 3.63) is 70.1 Å². The number of fused-ring (bicyclic) bond motifs is 1. The largest absolute Gasteiger partial charge is 0.507 e. The second-order valence-electron chi connectivity index (χ2n) is 8.19. The number of carbonyl (C=O) groups excluding carboxylic acids is 1. The molecule has 7 heteroatoms. The third-order valence-corrected chi connectivity index (χ3v) is 5.78. The van der Waals surface area contributed by atoms with E-state index in [1.165, 1.54) is 12.1 Å². The minimum atomic E-state index is -0.226. The maximum absolute atomic E-state index is 12.4. The third kappa shape index (κ3) is 5.29. The topological polar surface area (TPSA) is 92.0 Å². The Labute approximate surface area is 186 Å². The molecule has 0 spiro atoms. The van der Waals surface area contributed by atoms with Crippen LogP contribution in [0.1, 0.15) is 35.4 Å². The number of aryl methyl sites for hydroxylation is 1. The molecule has 1 saturated heterocycles. The number of aromatic hydroxyl groups is 1. The number of piperidine rings is 1. The Morgan fingerprint density at radius 3 is 2.75 bits per heavy atom. The lowest BCUT2D eigenvalue weighted by atomic mass is 10.0. The zero-order valence-corrected chi connectivity index (χ0v) is 18.2. The van der Waals surface area contributed by atoms with Crippen LogP contribution >= 0.6 is 0 Å². The molecule has 1 amide bonds. The summed E-state index contributed by atoms with van der Waals surface area (Å²) in [5.74, 6) is 1.05. The molecule has 0 saturated carbocycles. The number of ether oxygens (including phenoxy) is 1. The van der Waals surface area contributed by atoms with Crippen molar-refractivity contribution in [3.63, 3.8) is 0 Å². The summed E-state index contributed by atoms with van der Waals surface area (Å²) in [5, 5.41) is 13.4. The molecule has 3 aromatic rings. The van der Waals surface area contributed by atoms with Crippen molar-refractivity contribution in [2.24, 2.45) is 0 Å². The lowest BCUT2D eigenvalue weighted by molar-refractivity contribution is 0.0907. The van der Waals surface area contributed by atoms with Gasteiger partial charge >= 0.3 is 0 Å². The van der Waals surface area contributed by atoms with Gasteiger partial charge in [0, 0.05) is 37.8 Å². The van der Waals surface area contributed by atoms with Crippen molar-refractivity contribution >= 4 is 16.9 Å². The molecule has 0 aliphatic carbocycles. The second kappa shape index (κ2) is 9.87. The van der Waals surface area contributed by atoms with Gasteiger partial charge < -0.3 is 24.5 Å². The summed E-state index contributed by atoms with van der Waals surface area (Å²) in [6.45, 7) is 5.07. The van der Waals surface area contributed by atoms with Crippen molar-refractivity contribution in [1.82, 2.24) is 10.2 Å². The summed E-state index contributed by atoms with van der Waals surface area (Å²) in [4.78, 5) is 26.7. The van der Waals surface area contributed by atoms with E-state index >= 15 is 0 Å². The van der Waals surface area contributed by atoms with Crippen LogP contribution in [0.4, 0.5) is 0 Å². The summed E-state index contributed by atoms with van der Waals surface area (Å²) in [6.07, 6.45) is 2.64. The maximum Gasteiger partial charge on any atom is 0.255 e. The SMILES string of the molecule is Cc1cc(=O)c2ccc(OCCCN3CCC(NC(=O)c4ccccc4O)CC3)cc2o1. The van der Waals surface area contributed by atoms with E-state index in [0.29, 0.717) is 34.6 Å². The van der Waals surface area contributed by atoms with Gasteiger partial charge in [0.1, 0.15) is 22.8 Å². The van der Waals surface area contributed by atoms with Gasteiger partial charge in [-0.3, -0.25) is 9.59 Å². The highest BCUT2D eigenvalue weighted by atomic mass is 16.5. The number of benzene rings is 2. The van der Waals surface area contributed by atoms with E-state index in [1.807, 2.05) is 0 Å². The predicted molar refractivity (Wildman–Crippen MR) is 122 cm³/mol. The van der Waals surface area contributed by atoms with Crippen LogP contribution in [0.15, 0.2) is 57.7 Å². The first kappa shape index (κ1) is 21.9. The number of carbonyl (C=O) groups is 1. The standard InChI is InChI=1S/C25H28N2O5/c1-17-15-23(29)20-8-7-19(16-24(20)32-17)31-14-4-11-27-12-9-18(10-13-27)26-25(30)21-5-2-3-6-22(21)28/h2-3,5-8,15-16,18,28H,4,9-14H2,1H3,(H,26,30). The van der Waals surface area contributed by atoms with Gasteiger partial charge in [-0.15, -0.1) is 0 Å². The highest BCUT2D eigenvalue weighted by Crippen LogP contribution is 2.20. The number of hydrogen-bond acceptors (Lipinski definition) is 6. The first-order valence-corrected chi connectivity index (χ1v) is 11.0. The minimum Gasteiger partial charge on any atom is -0.507 e. The summed E-state index contributed by atoms with van der Waals surface area (Å²) in [5.41, 5.74) is 0.811. The quantitative estimate of drug-likeness (QED) is 0.551. The van der Waals surface area contributed by atoms with Crippen LogP contribution in [-0.2, 0) is 0 Å². The number of amides is 1. The van der Waals surface area contributed by atoms with Crippen LogP contribution in [0.25, 0.3) is 11.0 Å². The molecule has 7 nitrogen and oxygen atoms in total. The summed E-state index contributed by atoms with van der Waals surface area (Å²) in [6, 6.07) is 13.5. The fraction of sp³-hybridized carbons (Fsp3) is 0.360. The third-order valence-electron chi connectivity index (χ3n) is 5.78. The molecule has 168 valence electrons. The Morgan fingerprint density at radius 1 is 1.19 bits per heavy atom. The molecular formula is C25H28N2O5. The predicted octanol–water partition coefficient (Wildman–Crippen LogP) is 3.47. The van der Waals surface area contributed by atoms with Gasteiger partial charge in [-0.05, 0) is 50.5 Å². The van der Waals surface area contributed by atoms with Crippen molar-refractivity contribution < 1.29 is 19.1 Å². The van der Waals surface area contributed by atoms with Crippen LogP contribution in [0.5, 0.6) is 11.5 Å². The fourth-order valence-corrected chi connectivity index (χ4v) is 4.05. The summed E-state index contributed by atoms with van der Waals surface area (Å²) < 4.78 is 11.5. The van der Waals surface area contributed by atoms with Gasteiger partial charge in [-0.1, -0.05) is 12.1 Å². The average molecular weight is 437 g/mol. The Bertz CT molecular complexity index is 1150. The molecule has 0 bridgehead atoms. The molecule has 2 N–H and O–H groups in total. The summed E-state index contributed by atoms with van der Waals surface area (Å²) >= 11 is 0. The smallest absolute Gasteiger partial charge is 0.255 e. The van der Waals surface area contributed by atoms with E-state index in [4.69, 9.17) is 9.15 Å². The molecule has 0 unspecified atom stereocenters. The van der Waals surface area contributed by atoms with Crippen LogP contribution < -0.4 is 15.5 Å². The highest BCUT2D eigenvalue weighted by Gasteiger charge is 2.21. The number of phenols is 1. The average Bonchev–Trinajstić information content (AvgIpc) is 2.77. The normalized spacial score (nSPS) is 15.0. The zero-order chi connectivity index (χ0) is 22.5. The fourth-order valence-electron chi connectivity index (χ4n) is 4.05. The van der Waals surface area contributed by atoms with Gasteiger partial charge in [0.2, 0.25) is 0 Å². The molecule has 2 heterocycles. The van der Waals surface area contributed by atoms with E-state index < -0.39 is 0 Å². The molecule has 2 aromatic carbocycles. The van der Waals surface area contributed by atoms with Gasteiger partial charge in [0.25, 0.3) is 5.91 Å². The first-order valence-electron chi connectivity index (χ1n) is 11.0. The Balaban J connectivity index is 1.19. The molecule has 32 heavy (non-hydrogen) atoms. The number of para-hydroxylation sites is 1. The Morgan fingerprint density at radius 2 is 1.97 bits per heavy atom. The van der Waals surface area contributed by atoms with Gasteiger partial charge in [-0.2, -0.15) is 0 Å². The van der Waals surface area contributed by atoms with E-state index in [-0.39, 0.29) is 23.1 Å². The number of likely N-dealkylation sites (tertiary alicyclic amines) is 1. The Hall–Kier alpha value is -3.32. The first-order chi connectivity index (χ1) is 15.5. The Kier molecular flexibility index (Phi) is 6.75. The molecule has 0 radical (unpaired) electrons. The van der Waals surface area contributed by atoms with Crippen LogP contribution in [0.3, 0.4) is 0 Å². The lowest BCUT2D eigenvalue weighted by Crippen LogP contribution is -2.45. The molecular weight excluding hydrogens is 408 g/mol. The number of hydrogen-bond donors (Lipinski definition) is 2. The van der Waals surface area contributed by atoms with E-state index in [1.54, 1.807) is 43.3 Å². The van der Waals surface area contributed by atoms with E-state index in [2.05, 4.69) is 10.2 Å².